The Morgan fingerprint density at radius 1 is 1.24 bits per heavy atom. The van der Waals surface area contributed by atoms with Crippen molar-refractivity contribution < 1.29 is 26.0 Å². The first kappa shape index (κ1) is 17.5. The molecule has 1 amide bonds. The molecule has 21 heavy (non-hydrogen) atoms. The van der Waals surface area contributed by atoms with Crippen LogP contribution in [0, 0.1) is 5.82 Å². The monoisotopic (exact) mass is 338 g/mol. The van der Waals surface area contributed by atoms with Gasteiger partial charge in [0.2, 0.25) is 15.9 Å². The van der Waals surface area contributed by atoms with E-state index in [-0.39, 0.29) is 4.90 Å². The molecule has 0 spiro atoms. The third kappa shape index (κ3) is 4.76. The molecule has 0 aromatic heterocycles. The minimum atomic E-state index is -4.34. The molecular formula is C11H15FN2O5S2. The van der Waals surface area contributed by atoms with Crippen LogP contribution in [0.25, 0.3) is 0 Å². The van der Waals surface area contributed by atoms with Crippen LogP contribution in [-0.2, 0) is 24.7 Å². The average molecular weight is 338 g/mol. The van der Waals surface area contributed by atoms with Gasteiger partial charge in [-0.3, -0.25) is 4.79 Å². The van der Waals surface area contributed by atoms with Crippen LogP contribution in [-0.4, -0.2) is 42.1 Å². The van der Waals surface area contributed by atoms with E-state index in [9.17, 15) is 26.0 Å². The third-order valence-corrected chi connectivity index (χ3v) is 4.94. The van der Waals surface area contributed by atoms with Gasteiger partial charge in [-0.25, -0.2) is 25.9 Å². The van der Waals surface area contributed by atoms with Crippen LogP contribution in [0.3, 0.4) is 0 Å². The zero-order chi connectivity index (χ0) is 16.3. The van der Waals surface area contributed by atoms with E-state index in [1.54, 1.807) is 6.92 Å². The van der Waals surface area contributed by atoms with Crippen molar-refractivity contribution in [1.82, 2.24) is 10.0 Å². The number of sulfonamides is 1. The molecule has 0 aliphatic carbocycles. The topological polar surface area (TPSA) is 109 Å². The maximum absolute atomic E-state index is 13.6. The second-order valence-corrected chi connectivity index (χ2v) is 7.89. The number of amides is 1. The van der Waals surface area contributed by atoms with Crippen molar-refractivity contribution in [2.45, 2.75) is 16.7 Å². The Labute approximate surface area is 122 Å². The quantitative estimate of drug-likeness (QED) is 0.689. The highest BCUT2D eigenvalue weighted by Gasteiger charge is 2.22. The van der Waals surface area contributed by atoms with Crippen molar-refractivity contribution in [3.05, 3.63) is 24.0 Å². The first-order valence-electron chi connectivity index (χ1n) is 5.84. The minimum absolute atomic E-state index is 0.318. The van der Waals surface area contributed by atoms with Crippen LogP contribution < -0.4 is 10.0 Å². The lowest BCUT2D eigenvalue weighted by Gasteiger charge is -2.09. The number of carbonyl (C=O) groups is 1. The summed E-state index contributed by atoms with van der Waals surface area (Å²) >= 11 is 0. The van der Waals surface area contributed by atoms with E-state index in [0.717, 1.165) is 18.4 Å². The Morgan fingerprint density at radius 3 is 2.38 bits per heavy atom. The van der Waals surface area contributed by atoms with Crippen LogP contribution in [0.15, 0.2) is 28.0 Å². The van der Waals surface area contributed by atoms with Gasteiger partial charge in [-0.05, 0) is 25.1 Å². The molecule has 0 saturated carbocycles. The number of hydrogen-bond acceptors (Lipinski definition) is 5. The van der Waals surface area contributed by atoms with Crippen LogP contribution in [0.2, 0.25) is 0 Å². The molecule has 0 fully saturated rings. The third-order valence-electron chi connectivity index (χ3n) is 2.42. The first-order chi connectivity index (χ1) is 9.58. The van der Waals surface area contributed by atoms with Crippen LogP contribution in [0.1, 0.15) is 6.92 Å². The normalized spacial score (nSPS) is 12.1. The molecule has 118 valence electrons. The number of carbonyl (C=O) groups excluding carboxylic acids is 1. The molecule has 1 aromatic rings. The zero-order valence-corrected chi connectivity index (χ0v) is 13.0. The molecule has 10 heteroatoms. The zero-order valence-electron chi connectivity index (χ0n) is 11.4. The highest BCUT2D eigenvalue weighted by molar-refractivity contribution is 7.91. The highest BCUT2D eigenvalue weighted by atomic mass is 32.2. The molecule has 0 atom stereocenters. The number of sulfone groups is 1. The van der Waals surface area contributed by atoms with Gasteiger partial charge in [-0.15, -0.1) is 0 Å². The lowest BCUT2D eigenvalue weighted by molar-refractivity contribution is -0.119. The number of hydrogen-bond donors (Lipinski definition) is 2. The molecule has 0 aliphatic rings. The van der Waals surface area contributed by atoms with Crippen molar-refractivity contribution in [2.24, 2.45) is 0 Å². The second kappa shape index (κ2) is 6.50. The van der Waals surface area contributed by atoms with E-state index in [2.05, 4.69) is 5.32 Å². The largest absolute Gasteiger partial charge is 0.355 e. The van der Waals surface area contributed by atoms with Crippen molar-refractivity contribution in [1.29, 1.82) is 0 Å². The van der Waals surface area contributed by atoms with Crippen LogP contribution in [0.5, 0.6) is 0 Å². The van der Waals surface area contributed by atoms with Crippen LogP contribution >= 0.6 is 0 Å². The standard InChI is InChI=1S/C11H15FN2O5S2/c1-3-13-11(15)7-14-21(18,19)10-6-8(20(2,16)17)4-5-9(10)12/h4-6,14H,3,7H2,1-2H3,(H,13,15). The van der Waals surface area contributed by atoms with Gasteiger partial charge in [0.1, 0.15) is 10.7 Å². The number of halogens is 1. The van der Waals surface area contributed by atoms with Gasteiger partial charge >= 0.3 is 0 Å². The summed E-state index contributed by atoms with van der Waals surface area (Å²) in [6, 6.07) is 2.43. The predicted molar refractivity (Wildman–Crippen MR) is 73.4 cm³/mol. The molecule has 0 aliphatic heterocycles. The lowest BCUT2D eigenvalue weighted by Crippen LogP contribution is -2.37. The molecule has 0 saturated heterocycles. The summed E-state index contributed by atoms with van der Waals surface area (Å²) in [6.45, 7) is 1.40. The maximum Gasteiger partial charge on any atom is 0.243 e. The summed E-state index contributed by atoms with van der Waals surface area (Å²) < 4.78 is 62.1. The average Bonchev–Trinajstić information content (AvgIpc) is 2.36. The molecule has 1 rings (SSSR count). The minimum Gasteiger partial charge on any atom is -0.355 e. The summed E-state index contributed by atoms with van der Waals surface area (Å²) in [6.07, 6.45) is 0.874. The van der Waals surface area contributed by atoms with Crippen molar-refractivity contribution in [3.8, 4) is 0 Å². The summed E-state index contributed by atoms with van der Waals surface area (Å²) in [5.74, 6) is -1.69. The Kier molecular flexibility index (Phi) is 5.42. The molecule has 2 N–H and O–H groups in total. The molecule has 0 bridgehead atoms. The SMILES string of the molecule is CCNC(=O)CNS(=O)(=O)c1cc(S(C)(=O)=O)ccc1F. The Bertz CT molecular complexity index is 744. The van der Waals surface area contributed by atoms with E-state index in [1.165, 1.54) is 0 Å². The van der Waals surface area contributed by atoms with Crippen LogP contribution in [0.4, 0.5) is 4.39 Å². The van der Waals surface area contributed by atoms with Crippen molar-refractivity contribution in [2.75, 3.05) is 19.3 Å². The van der Waals surface area contributed by atoms with Gasteiger partial charge in [0.05, 0.1) is 11.4 Å². The van der Waals surface area contributed by atoms with Gasteiger partial charge in [0, 0.05) is 12.8 Å². The van der Waals surface area contributed by atoms with E-state index >= 15 is 0 Å². The number of rotatable bonds is 6. The van der Waals surface area contributed by atoms with Gasteiger partial charge in [-0.1, -0.05) is 0 Å². The second-order valence-electron chi connectivity index (χ2n) is 4.14. The van der Waals surface area contributed by atoms with E-state index in [0.29, 0.717) is 12.6 Å². The number of nitrogens with one attached hydrogen (secondary N) is 2. The van der Waals surface area contributed by atoms with Crippen molar-refractivity contribution >= 4 is 25.8 Å². The fourth-order valence-electron chi connectivity index (χ4n) is 1.42. The molecule has 1 aromatic carbocycles. The maximum atomic E-state index is 13.6. The lowest BCUT2D eigenvalue weighted by atomic mass is 10.3. The summed E-state index contributed by atoms with van der Waals surface area (Å²) in [5.41, 5.74) is 0. The molecular weight excluding hydrogens is 323 g/mol. The van der Waals surface area contributed by atoms with E-state index < -0.39 is 43.0 Å². The fraction of sp³-hybridized carbons (Fsp3) is 0.364. The molecule has 7 nitrogen and oxygen atoms in total. The predicted octanol–water partition coefficient (Wildman–Crippen LogP) is -0.356. The number of likely N-dealkylation sites (N-methyl/N-ethyl adjacent to an activating group) is 1. The highest BCUT2D eigenvalue weighted by Crippen LogP contribution is 2.19. The van der Waals surface area contributed by atoms with Crippen molar-refractivity contribution in [3.63, 3.8) is 0 Å². The van der Waals surface area contributed by atoms with Gasteiger partial charge in [-0.2, -0.15) is 0 Å². The molecule has 0 radical (unpaired) electrons. The van der Waals surface area contributed by atoms with E-state index in [1.807, 2.05) is 4.72 Å². The fourth-order valence-corrected chi connectivity index (χ4v) is 3.22. The Hall–Kier alpha value is -1.52. The Balaban J connectivity index is 3.11. The van der Waals surface area contributed by atoms with E-state index in [4.69, 9.17) is 0 Å². The first-order valence-corrected chi connectivity index (χ1v) is 9.21. The van der Waals surface area contributed by atoms with Gasteiger partial charge < -0.3 is 5.32 Å². The van der Waals surface area contributed by atoms with Gasteiger partial charge in [0.25, 0.3) is 0 Å². The Morgan fingerprint density at radius 2 is 1.86 bits per heavy atom. The number of benzene rings is 1. The smallest absolute Gasteiger partial charge is 0.243 e. The molecule has 0 unspecified atom stereocenters. The summed E-state index contributed by atoms with van der Waals surface area (Å²) in [7, 11) is -8.02. The van der Waals surface area contributed by atoms with Gasteiger partial charge in [0.15, 0.2) is 9.84 Å². The molecule has 0 heterocycles. The summed E-state index contributed by atoms with van der Waals surface area (Å²) in [5, 5.41) is 2.36. The summed E-state index contributed by atoms with van der Waals surface area (Å²) in [4.78, 5) is 10.0.